The summed E-state index contributed by atoms with van der Waals surface area (Å²) >= 11 is 1.20. The second-order valence-electron chi connectivity index (χ2n) is 15.9. The van der Waals surface area contributed by atoms with Gasteiger partial charge in [-0.05, 0) is 68.4 Å². The van der Waals surface area contributed by atoms with E-state index in [2.05, 4.69) is 36.6 Å². The summed E-state index contributed by atoms with van der Waals surface area (Å²) in [6, 6.07) is 9.51. The average Bonchev–Trinajstić information content (AvgIpc) is 3.76. The zero-order valence-corrected chi connectivity index (χ0v) is 35.8. The third-order valence-electron chi connectivity index (χ3n) is 10.3. The van der Waals surface area contributed by atoms with E-state index >= 15 is 0 Å². The Labute approximate surface area is 348 Å². The average molecular weight is 829 g/mol. The van der Waals surface area contributed by atoms with Crippen LogP contribution in [0.3, 0.4) is 0 Å². The van der Waals surface area contributed by atoms with Crippen LogP contribution in [0, 0.1) is 25.7 Å². The van der Waals surface area contributed by atoms with E-state index in [-0.39, 0.29) is 37.6 Å². The first-order chi connectivity index (χ1) is 28.0. The maximum Gasteiger partial charge on any atom is 0.266 e. The molecular weight excluding hydrogens is 773 g/mol. The summed E-state index contributed by atoms with van der Waals surface area (Å²) in [5, 5.41) is 15.9. The summed E-state index contributed by atoms with van der Waals surface area (Å²) in [5.74, 6) is -3.07. The molecule has 1 fully saturated rings. The van der Waals surface area contributed by atoms with E-state index in [4.69, 9.17) is 4.74 Å². The second-order valence-corrected chi connectivity index (χ2v) is 17.1. The monoisotopic (exact) mass is 828 g/mol. The minimum absolute atomic E-state index is 0.0569. The number of methoxy groups -OCH3 is 1. The number of amides is 6. The predicted molar refractivity (Wildman–Crippen MR) is 226 cm³/mol. The summed E-state index contributed by atoms with van der Waals surface area (Å²) in [5.41, 5.74) is 2.82. The summed E-state index contributed by atoms with van der Waals surface area (Å²) in [6.45, 7) is 12.1. The molecule has 0 radical (unpaired) electrons. The summed E-state index contributed by atoms with van der Waals surface area (Å²) < 4.78 is 5.29. The van der Waals surface area contributed by atoms with E-state index < -0.39 is 72.2 Å². The van der Waals surface area contributed by atoms with Gasteiger partial charge in [0.05, 0.1) is 24.4 Å². The first-order valence-electron chi connectivity index (χ1n) is 19.9. The molecule has 0 aliphatic carbocycles. The molecular formula is C43H56N8O7S. The molecule has 1 aliphatic heterocycles. The van der Waals surface area contributed by atoms with Gasteiger partial charge in [-0.1, -0.05) is 58.0 Å². The molecule has 3 heterocycles. The Morgan fingerprint density at radius 1 is 0.831 bits per heavy atom. The Kier molecular flexibility index (Phi) is 14.9. The van der Waals surface area contributed by atoms with E-state index in [0.717, 1.165) is 16.5 Å². The number of hydrogen-bond donors (Lipinski definition) is 6. The minimum atomic E-state index is -1.17. The molecule has 6 amide bonds. The molecule has 0 saturated carbocycles. The van der Waals surface area contributed by atoms with Crippen molar-refractivity contribution in [3.8, 4) is 5.75 Å². The number of hydrogen-bond acceptors (Lipinski definition) is 9. The lowest BCUT2D eigenvalue weighted by Gasteiger charge is -2.32. The lowest BCUT2D eigenvalue weighted by molar-refractivity contribution is -0.135. The smallest absolute Gasteiger partial charge is 0.266 e. The van der Waals surface area contributed by atoms with Crippen LogP contribution in [0.1, 0.15) is 72.5 Å². The maximum atomic E-state index is 14.4. The Balaban J connectivity index is 1.56. The number of thiazole rings is 1. The van der Waals surface area contributed by atoms with Crippen molar-refractivity contribution in [2.75, 3.05) is 20.2 Å². The number of H-pyrrole nitrogens is 1. The highest BCUT2D eigenvalue weighted by atomic mass is 32.1. The Hall–Kier alpha value is -5.77. The quantitative estimate of drug-likeness (QED) is 0.147. The predicted octanol–water partition coefficient (Wildman–Crippen LogP) is 3.34. The summed E-state index contributed by atoms with van der Waals surface area (Å²) in [7, 11) is 1.54. The largest absolute Gasteiger partial charge is 0.497 e. The second kappa shape index (κ2) is 19.8. The van der Waals surface area contributed by atoms with Crippen LogP contribution >= 0.6 is 11.3 Å². The van der Waals surface area contributed by atoms with Crippen molar-refractivity contribution in [2.24, 2.45) is 11.8 Å². The van der Waals surface area contributed by atoms with Crippen molar-refractivity contribution in [3.05, 3.63) is 81.4 Å². The molecule has 2 aromatic heterocycles. The summed E-state index contributed by atoms with van der Waals surface area (Å²) in [4.78, 5) is 94.1. The normalized spacial score (nSPS) is 21.6. The number of aryl methyl sites for hydroxylation is 2. The number of fused-ring (bicyclic) bond motifs is 1. The molecule has 15 nitrogen and oxygen atoms in total. The Morgan fingerprint density at radius 3 is 2.12 bits per heavy atom. The van der Waals surface area contributed by atoms with Gasteiger partial charge in [0.15, 0.2) is 0 Å². The maximum absolute atomic E-state index is 14.4. The van der Waals surface area contributed by atoms with Crippen molar-refractivity contribution < 1.29 is 33.5 Å². The molecule has 0 bridgehead atoms. The van der Waals surface area contributed by atoms with E-state index in [1.807, 2.05) is 52.0 Å². The Bertz CT molecular complexity index is 2150. The number of ether oxygens (including phenoxy) is 1. The molecule has 5 rings (SSSR count). The van der Waals surface area contributed by atoms with E-state index in [9.17, 15) is 28.8 Å². The van der Waals surface area contributed by atoms with Crippen LogP contribution in [0.4, 0.5) is 0 Å². The number of carbonyl (C=O) groups is 6. The number of aromatic amines is 1. The van der Waals surface area contributed by atoms with Crippen molar-refractivity contribution in [3.63, 3.8) is 0 Å². The van der Waals surface area contributed by atoms with E-state index in [1.54, 1.807) is 51.4 Å². The zero-order chi connectivity index (χ0) is 43.0. The number of rotatable bonds is 9. The van der Waals surface area contributed by atoms with Crippen LogP contribution in [0.25, 0.3) is 10.9 Å². The highest BCUT2D eigenvalue weighted by Gasteiger charge is 2.34. The van der Waals surface area contributed by atoms with Crippen molar-refractivity contribution in [1.29, 1.82) is 0 Å². The molecule has 5 atom stereocenters. The third-order valence-corrected chi connectivity index (χ3v) is 11.4. The van der Waals surface area contributed by atoms with Crippen LogP contribution in [-0.4, -0.2) is 101 Å². The van der Waals surface area contributed by atoms with Gasteiger partial charge in [0.2, 0.25) is 29.5 Å². The number of para-hydroxylation sites is 1. The van der Waals surface area contributed by atoms with Crippen LogP contribution in [-0.2, 0) is 36.8 Å². The minimum Gasteiger partial charge on any atom is -0.497 e. The van der Waals surface area contributed by atoms with Gasteiger partial charge in [-0.2, -0.15) is 0 Å². The molecule has 59 heavy (non-hydrogen) atoms. The zero-order valence-electron chi connectivity index (χ0n) is 34.9. The molecule has 1 saturated heterocycles. The third kappa shape index (κ3) is 11.7. The van der Waals surface area contributed by atoms with Crippen LogP contribution < -0.4 is 31.3 Å². The molecule has 6 N–H and O–H groups in total. The topological polar surface area (TPSA) is 204 Å². The van der Waals surface area contributed by atoms with Gasteiger partial charge in [-0.15, -0.1) is 11.3 Å². The van der Waals surface area contributed by atoms with Gasteiger partial charge in [0.25, 0.3) is 5.91 Å². The van der Waals surface area contributed by atoms with Crippen molar-refractivity contribution in [1.82, 2.24) is 41.5 Å². The highest BCUT2D eigenvalue weighted by molar-refractivity contribution is 7.13. The van der Waals surface area contributed by atoms with E-state index in [0.29, 0.717) is 26.9 Å². The lowest BCUT2D eigenvalue weighted by atomic mass is 9.99. The number of carbonyl (C=O) groups excluding carboxylic acids is 6. The van der Waals surface area contributed by atoms with E-state index in [1.165, 1.54) is 23.2 Å². The van der Waals surface area contributed by atoms with Gasteiger partial charge >= 0.3 is 0 Å². The van der Waals surface area contributed by atoms with Crippen LogP contribution in [0.15, 0.2) is 54.7 Å². The van der Waals surface area contributed by atoms with Gasteiger partial charge < -0.3 is 41.2 Å². The molecule has 4 aromatic rings. The number of benzene rings is 2. The fourth-order valence-electron chi connectivity index (χ4n) is 7.04. The Morgan fingerprint density at radius 2 is 1.47 bits per heavy atom. The fourth-order valence-corrected chi connectivity index (χ4v) is 7.93. The molecule has 1 aliphatic rings. The first-order valence-corrected chi connectivity index (χ1v) is 20.8. The van der Waals surface area contributed by atoms with Gasteiger partial charge in [-0.25, -0.2) is 4.98 Å². The fraction of sp³-hybridized carbons (Fsp3) is 0.465. The molecule has 316 valence electrons. The standard InChI is InChI=1S/C43H56N8O7S/c1-23(2)17-33-41(55)49-34(18-28-13-15-30(58-8)16-14-28)40(54)46-26(6)39(53)50-36(24(3)4)21-51(43(57)38-25(5)45-27(7)59-38)22-37(52)47-35(42(56)48-33)19-29-20-44-32-12-10-9-11-31(29)32/h9-16,20,23-24,26,33-36,44H,17-19,21-22H2,1-8H3,(H,46,54)(H,47,52)(H,48,56)(H,49,55)(H,50,53)/t26-,33+,34+,35-,36-/m1/s1. The summed E-state index contributed by atoms with van der Waals surface area (Å²) in [6.07, 6.45) is 2.12. The lowest BCUT2D eigenvalue weighted by Crippen LogP contribution is -2.60. The number of nitrogens with one attached hydrogen (secondary N) is 6. The van der Waals surface area contributed by atoms with Gasteiger partial charge in [0.1, 0.15) is 34.8 Å². The van der Waals surface area contributed by atoms with Gasteiger partial charge in [-0.3, -0.25) is 28.8 Å². The molecule has 2 aromatic carbocycles. The van der Waals surface area contributed by atoms with Crippen molar-refractivity contribution in [2.45, 2.75) is 97.9 Å². The molecule has 16 heteroatoms. The van der Waals surface area contributed by atoms with Crippen LogP contribution in [0.5, 0.6) is 5.75 Å². The molecule has 0 spiro atoms. The molecule has 0 unspecified atom stereocenters. The van der Waals surface area contributed by atoms with Crippen molar-refractivity contribution >= 4 is 57.7 Å². The number of aromatic nitrogens is 2. The first kappa shape index (κ1) is 44.3. The van der Waals surface area contributed by atoms with Gasteiger partial charge in [0, 0.05) is 42.5 Å². The van der Waals surface area contributed by atoms with Crippen LogP contribution in [0.2, 0.25) is 0 Å². The SMILES string of the molecule is COc1ccc(C[C@@H]2NC(=O)[C@H](CC(C)C)NC(=O)[C@@H](Cc3c[nH]c4ccccc34)NC(=O)CN(C(=O)c3sc(C)nc3C)C[C@H](C(C)C)NC(=O)[C@@H](C)NC2=O)cc1. The highest BCUT2D eigenvalue weighted by Crippen LogP contribution is 2.22. The number of nitrogens with zero attached hydrogens (tertiary/aromatic N) is 2.